The van der Waals surface area contributed by atoms with Crippen LogP contribution in [-0.2, 0) is 15.0 Å². The zero-order chi connectivity index (χ0) is 15.8. The van der Waals surface area contributed by atoms with Gasteiger partial charge in [-0.25, -0.2) is 4.79 Å². The maximum absolute atomic E-state index is 12.7. The summed E-state index contributed by atoms with van der Waals surface area (Å²) in [4.78, 5) is 24.5. The number of carbonyl (C=O) groups excluding carboxylic acids is 1. The topological polar surface area (TPSA) is 91.8 Å². The van der Waals surface area contributed by atoms with Crippen LogP contribution in [0, 0.1) is 12.8 Å². The van der Waals surface area contributed by atoms with E-state index in [0.29, 0.717) is 5.56 Å². The third-order valence-corrected chi connectivity index (χ3v) is 4.26. The molecule has 1 aromatic carbocycles. The molecule has 114 valence electrons. The molecule has 0 spiro atoms. The van der Waals surface area contributed by atoms with Crippen molar-refractivity contribution in [3.05, 3.63) is 29.3 Å². The second-order valence-corrected chi connectivity index (χ2v) is 6.47. The van der Waals surface area contributed by atoms with Crippen LogP contribution in [-0.4, -0.2) is 37.7 Å². The second kappa shape index (κ2) is 5.44. The molecular formula is C13H14FNO5S. The minimum atomic E-state index is -4.67. The van der Waals surface area contributed by atoms with Crippen molar-refractivity contribution in [1.82, 2.24) is 0 Å². The Kier molecular flexibility index (Phi) is 3.99. The fourth-order valence-electron chi connectivity index (χ4n) is 2.56. The predicted octanol–water partition coefficient (Wildman–Crippen LogP) is 1.35. The first kappa shape index (κ1) is 15.4. The van der Waals surface area contributed by atoms with Crippen LogP contribution in [0.25, 0.3) is 0 Å². The molecule has 1 fully saturated rings. The number of aryl methyl sites for hydroxylation is 1. The number of hydrogen-bond acceptors (Lipinski definition) is 4. The van der Waals surface area contributed by atoms with Crippen molar-refractivity contribution in [2.24, 2.45) is 5.92 Å². The van der Waals surface area contributed by atoms with E-state index < -0.39 is 33.8 Å². The Bertz CT molecular complexity index is 701. The lowest BCUT2D eigenvalue weighted by atomic mass is 10.1. The van der Waals surface area contributed by atoms with Crippen molar-refractivity contribution in [2.45, 2.75) is 13.3 Å². The number of rotatable bonds is 4. The Morgan fingerprint density at radius 2 is 2.14 bits per heavy atom. The summed E-state index contributed by atoms with van der Waals surface area (Å²) in [5.74, 6) is -2.98. The van der Waals surface area contributed by atoms with Crippen LogP contribution in [0.3, 0.4) is 0 Å². The molecule has 0 aromatic heterocycles. The minimum Gasteiger partial charge on any atom is -0.478 e. The summed E-state index contributed by atoms with van der Waals surface area (Å²) in [5.41, 5.74) is 0.704. The Hall–Kier alpha value is -1.96. The van der Waals surface area contributed by atoms with Gasteiger partial charge in [-0.05, 0) is 18.6 Å². The number of hydrogen-bond donors (Lipinski definition) is 1. The Morgan fingerprint density at radius 1 is 1.48 bits per heavy atom. The van der Waals surface area contributed by atoms with Crippen molar-refractivity contribution in [3.63, 3.8) is 0 Å². The molecule has 21 heavy (non-hydrogen) atoms. The quantitative estimate of drug-likeness (QED) is 0.847. The lowest BCUT2D eigenvalue weighted by Crippen LogP contribution is -2.27. The molecule has 1 amide bonds. The summed E-state index contributed by atoms with van der Waals surface area (Å²) in [7, 11) is -4.67. The third-order valence-electron chi connectivity index (χ3n) is 3.40. The van der Waals surface area contributed by atoms with Gasteiger partial charge in [0.2, 0.25) is 5.91 Å². The van der Waals surface area contributed by atoms with Crippen molar-refractivity contribution in [2.75, 3.05) is 17.2 Å². The molecule has 0 aliphatic carbocycles. The fraction of sp³-hybridized carbons (Fsp3) is 0.385. The molecule has 1 aliphatic rings. The second-order valence-electron chi connectivity index (χ2n) is 5.05. The Labute approximate surface area is 121 Å². The van der Waals surface area contributed by atoms with Crippen LogP contribution in [0.5, 0.6) is 0 Å². The Balaban J connectivity index is 2.34. The SMILES string of the molecule is Cc1cccc(N2CC(CS(=O)(=O)F)CC2=O)c1C(=O)O. The molecule has 0 saturated carbocycles. The van der Waals surface area contributed by atoms with Gasteiger partial charge in [-0.1, -0.05) is 12.1 Å². The van der Waals surface area contributed by atoms with E-state index in [-0.39, 0.29) is 24.2 Å². The highest BCUT2D eigenvalue weighted by Gasteiger charge is 2.35. The number of carbonyl (C=O) groups is 2. The number of amides is 1. The number of nitrogens with zero attached hydrogens (tertiary/aromatic N) is 1. The van der Waals surface area contributed by atoms with Gasteiger partial charge >= 0.3 is 16.2 Å². The van der Waals surface area contributed by atoms with Crippen molar-refractivity contribution in [1.29, 1.82) is 0 Å². The highest BCUT2D eigenvalue weighted by molar-refractivity contribution is 7.86. The van der Waals surface area contributed by atoms with Gasteiger partial charge in [-0.15, -0.1) is 3.89 Å². The van der Waals surface area contributed by atoms with E-state index in [2.05, 4.69) is 0 Å². The fourth-order valence-corrected chi connectivity index (χ4v) is 3.35. The van der Waals surface area contributed by atoms with E-state index in [1.807, 2.05) is 0 Å². The minimum absolute atomic E-state index is 0.00499. The summed E-state index contributed by atoms with van der Waals surface area (Å²) in [6.45, 7) is 1.60. The van der Waals surface area contributed by atoms with E-state index in [9.17, 15) is 27.0 Å². The molecule has 1 aromatic rings. The molecule has 1 saturated heterocycles. The zero-order valence-electron chi connectivity index (χ0n) is 11.2. The molecule has 2 rings (SSSR count). The lowest BCUT2D eigenvalue weighted by Gasteiger charge is -2.20. The van der Waals surface area contributed by atoms with Gasteiger partial charge in [0.05, 0.1) is 17.0 Å². The summed E-state index contributed by atoms with van der Waals surface area (Å²) < 4.78 is 34.1. The van der Waals surface area contributed by atoms with Crippen LogP contribution >= 0.6 is 0 Å². The van der Waals surface area contributed by atoms with E-state index in [4.69, 9.17) is 0 Å². The molecular weight excluding hydrogens is 301 g/mol. The molecule has 0 radical (unpaired) electrons. The molecule has 1 heterocycles. The van der Waals surface area contributed by atoms with Crippen LogP contribution < -0.4 is 4.90 Å². The Morgan fingerprint density at radius 3 is 2.71 bits per heavy atom. The van der Waals surface area contributed by atoms with Crippen molar-refractivity contribution < 1.29 is 27.0 Å². The number of aromatic carboxylic acids is 1. The number of carboxylic acid groups (broad SMARTS) is 1. The summed E-state index contributed by atoms with van der Waals surface area (Å²) >= 11 is 0. The first-order chi connectivity index (χ1) is 9.69. The molecule has 1 N–H and O–H groups in total. The van der Waals surface area contributed by atoms with Gasteiger partial charge in [0.25, 0.3) is 0 Å². The van der Waals surface area contributed by atoms with Crippen molar-refractivity contribution >= 4 is 27.8 Å². The van der Waals surface area contributed by atoms with Gasteiger partial charge in [0.15, 0.2) is 0 Å². The first-order valence-corrected chi connectivity index (χ1v) is 7.80. The lowest BCUT2D eigenvalue weighted by molar-refractivity contribution is -0.117. The number of benzene rings is 1. The first-order valence-electron chi connectivity index (χ1n) is 6.24. The third kappa shape index (κ3) is 3.38. The van der Waals surface area contributed by atoms with Crippen LogP contribution in [0.15, 0.2) is 18.2 Å². The number of carboxylic acids is 1. The highest BCUT2D eigenvalue weighted by Crippen LogP contribution is 2.30. The summed E-state index contributed by atoms with van der Waals surface area (Å²) in [6.07, 6.45) is -0.115. The van der Waals surface area contributed by atoms with Crippen molar-refractivity contribution in [3.8, 4) is 0 Å². The number of anilines is 1. The normalized spacial score (nSPS) is 19.0. The number of halogens is 1. The van der Waals surface area contributed by atoms with Crippen LogP contribution in [0.1, 0.15) is 22.3 Å². The van der Waals surface area contributed by atoms with E-state index in [1.165, 1.54) is 11.0 Å². The maximum atomic E-state index is 12.7. The molecule has 0 bridgehead atoms. The molecule has 8 heteroatoms. The smallest absolute Gasteiger partial charge is 0.338 e. The van der Waals surface area contributed by atoms with E-state index >= 15 is 0 Å². The van der Waals surface area contributed by atoms with Gasteiger partial charge < -0.3 is 10.0 Å². The van der Waals surface area contributed by atoms with Crippen LogP contribution in [0.2, 0.25) is 0 Å². The highest BCUT2D eigenvalue weighted by atomic mass is 32.3. The zero-order valence-corrected chi connectivity index (χ0v) is 12.1. The molecule has 6 nitrogen and oxygen atoms in total. The summed E-state index contributed by atoms with van der Waals surface area (Å²) in [5, 5.41) is 9.25. The van der Waals surface area contributed by atoms with Gasteiger partial charge in [-0.2, -0.15) is 8.42 Å². The standard InChI is InChI=1S/C13H14FNO5S/c1-8-3-2-4-10(12(8)13(17)18)15-6-9(5-11(15)16)7-21(14,19)20/h2-4,9H,5-7H2,1H3,(H,17,18). The van der Waals surface area contributed by atoms with Gasteiger partial charge in [-0.3, -0.25) is 4.79 Å². The summed E-state index contributed by atoms with van der Waals surface area (Å²) in [6, 6.07) is 4.71. The monoisotopic (exact) mass is 315 g/mol. The van der Waals surface area contributed by atoms with E-state index in [0.717, 1.165) is 0 Å². The average molecular weight is 315 g/mol. The predicted molar refractivity (Wildman–Crippen MR) is 73.5 cm³/mol. The maximum Gasteiger partial charge on any atom is 0.338 e. The average Bonchev–Trinajstić information content (AvgIpc) is 2.66. The van der Waals surface area contributed by atoms with Gasteiger partial charge in [0.1, 0.15) is 0 Å². The molecule has 1 aliphatic heterocycles. The van der Waals surface area contributed by atoms with Crippen LogP contribution in [0.4, 0.5) is 9.57 Å². The molecule has 1 atom stereocenters. The van der Waals surface area contributed by atoms with E-state index in [1.54, 1.807) is 19.1 Å². The molecule has 1 unspecified atom stereocenters. The van der Waals surface area contributed by atoms with Gasteiger partial charge in [0, 0.05) is 18.9 Å². The largest absolute Gasteiger partial charge is 0.478 e.